The number of benzene rings is 2. The van der Waals surface area contributed by atoms with E-state index in [1.54, 1.807) is 26.4 Å². The van der Waals surface area contributed by atoms with Gasteiger partial charge in [-0.05, 0) is 39.3 Å². The molecule has 0 bridgehead atoms. The Balaban J connectivity index is 0.00000392. The Hall–Kier alpha value is -1.05. The van der Waals surface area contributed by atoms with Crippen LogP contribution < -0.4 is 33.6 Å². The molecule has 28 heavy (non-hydrogen) atoms. The van der Waals surface area contributed by atoms with E-state index in [2.05, 4.69) is 0 Å². The minimum Gasteiger partial charge on any atom is -1.00 e. The van der Waals surface area contributed by atoms with Crippen molar-refractivity contribution in [3.63, 3.8) is 0 Å². The summed E-state index contributed by atoms with van der Waals surface area (Å²) in [6, 6.07) is 10.9. The monoisotopic (exact) mass is 418 g/mol. The van der Waals surface area contributed by atoms with Gasteiger partial charge in [-0.2, -0.15) is 0 Å². The molecule has 2 rings (SSSR count). The van der Waals surface area contributed by atoms with Crippen LogP contribution in [0.15, 0.2) is 36.4 Å². The fourth-order valence-electron chi connectivity index (χ4n) is 2.40. The van der Waals surface area contributed by atoms with Gasteiger partial charge in [-0.3, -0.25) is 4.79 Å². The van der Waals surface area contributed by atoms with Crippen LogP contribution >= 0.6 is 20.2 Å². The third kappa shape index (κ3) is 7.41. The molecule has 0 saturated heterocycles. The molecule has 0 saturated carbocycles. The Morgan fingerprint density at radius 1 is 1.04 bits per heavy atom. The van der Waals surface area contributed by atoms with Crippen molar-refractivity contribution in [1.29, 1.82) is 0 Å². The molecule has 5 nitrogen and oxygen atoms in total. The van der Waals surface area contributed by atoms with Crippen LogP contribution in [0.4, 0.5) is 0 Å². The molecule has 0 aliphatic heterocycles. The van der Waals surface area contributed by atoms with E-state index in [1.165, 1.54) is 0 Å². The third-order valence-corrected chi connectivity index (χ3v) is 5.23. The molecule has 8 heteroatoms. The fourth-order valence-corrected chi connectivity index (χ4v) is 3.92. The average molecular weight is 419 g/mol. The topological polar surface area (TPSA) is 54.0 Å². The quantitative estimate of drug-likeness (QED) is 0.309. The van der Waals surface area contributed by atoms with E-state index in [9.17, 15) is 4.79 Å². The predicted octanol–water partition coefficient (Wildman–Crippen LogP) is 0.960. The van der Waals surface area contributed by atoms with Crippen LogP contribution in [0.2, 0.25) is 5.02 Å². The molecule has 0 aliphatic carbocycles. The molecule has 0 aliphatic rings. The number of carbonyl (C=O) groups excluding carboxylic acids is 1. The number of aryl methyl sites for hydroxylation is 1. The average Bonchev–Trinajstić information content (AvgIpc) is 2.64. The van der Waals surface area contributed by atoms with Crippen LogP contribution in [-0.2, 0) is 9.47 Å². The smallest absolute Gasteiger partial charge is 1.00 e. The number of rotatable bonds is 11. The van der Waals surface area contributed by atoms with Crippen LogP contribution in [-0.4, -0.2) is 46.2 Å². The minimum absolute atomic E-state index is 0. The SMILES string of the molecule is COCCOc1ccc(PC(=O)c2c(C)cccc2Cl)c(OCCOC)c1.[H-].[Li+]. The molecule has 0 amide bonds. The van der Waals surface area contributed by atoms with Gasteiger partial charge in [-0.1, -0.05) is 23.7 Å². The van der Waals surface area contributed by atoms with Crippen molar-refractivity contribution in [3.05, 3.63) is 52.5 Å². The van der Waals surface area contributed by atoms with Gasteiger partial charge in [0.1, 0.15) is 24.7 Å². The Morgan fingerprint density at radius 2 is 1.71 bits per heavy atom. The van der Waals surface area contributed by atoms with Crippen molar-refractivity contribution < 1.29 is 44.0 Å². The number of hydrogen-bond acceptors (Lipinski definition) is 5. The zero-order chi connectivity index (χ0) is 19.6. The molecule has 148 valence electrons. The van der Waals surface area contributed by atoms with Crippen LogP contribution in [0, 0.1) is 6.92 Å². The van der Waals surface area contributed by atoms with Gasteiger partial charge < -0.3 is 20.4 Å². The van der Waals surface area contributed by atoms with E-state index in [-0.39, 0.29) is 34.4 Å². The van der Waals surface area contributed by atoms with E-state index in [0.29, 0.717) is 48.5 Å². The number of halogens is 1. The van der Waals surface area contributed by atoms with Gasteiger partial charge in [0.25, 0.3) is 0 Å². The molecule has 0 radical (unpaired) electrons. The summed E-state index contributed by atoms with van der Waals surface area (Å²) in [5.41, 5.74) is 1.39. The first kappa shape index (κ1) is 25.0. The maximum absolute atomic E-state index is 12.8. The Bertz CT molecular complexity index is 758. The molecule has 0 N–H and O–H groups in total. The van der Waals surface area contributed by atoms with Crippen LogP contribution in [0.3, 0.4) is 0 Å². The molecule has 1 unspecified atom stereocenters. The largest absolute Gasteiger partial charge is 1.00 e. The molecular weight excluding hydrogens is 394 g/mol. The molecule has 2 aromatic carbocycles. The fraction of sp³-hybridized carbons (Fsp3) is 0.350. The summed E-state index contributed by atoms with van der Waals surface area (Å²) in [6.07, 6.45) is 0. The molecule has 0 fully saturated rings. The van der Waals surface area contributed by atoms with Crippen molar-refractivity contribution in [2.24, 2.45) is 0 Å². The normalized spacial score (nSPS) is 10.7. The van der Waals surface area contributed by atoms with Crippen molar-refractivity contribution in [3.8, 4) is 11.5 Å². The second kappa shape index (κ2) is 13.2. The molecule has 0 aromatic heterocycles. The Kier molecular flexibility index (Phi) is 11.8. The molecule has 2 aromatic rings. The molecule has 0 spiro atoms. The Morgan fingerprint density at radius 3 is 2.36 bits per heavy atom. The van der Waals surface area contributed by atoms with Gasteiger partial charge in [0, 0.05) is 31.2 Å². The van der Waals surface area contributed by atoms with Gasteiger partial charge in [0.05, 0.1) is 18.2 Å². The second-order valence-electron chi connectivity index (χ2n) is 5.73. The minimum atomic E-state index is -0.111. The number of methoxy groups -OCH3 is 2. The van der Waals surface area contributed by atoms with Gasteiger partial charge in [0.2, 0.25) is 0 Å². The molecule has 1 atom stereocenters. The summed E-state index contributed by atoms with van der Waals surface area (Å²) in [6.45, 7) is 3.65. The van der Waals surface area contributed by atoms with Crippen molar-refractivity contribution in [2.45, 2.75) is 6.92 Å². The predicted molar refractivity (Wildman–Crippen MR) is 111 cm³/mol. The zero-order valence-corrected chi connectivity index (χ0v) is 18.5. The summed E-state index contributed by atoms with van der Waals surface area (Å²) in [7, 11) is 3.12. The molecule has 0 heterocycles. The van der Waals surface area contributed by atoms with E-state index >= 15 is 0 Å². The van der Waals surface area contributed by atoms with Gasteiger partial charge in [0.15, 0.2) is 5.52 Å². The molecular formula is C20H25ClLiO5P. The standard InChI is InChI=1S/C20H24ClO5P.Li.H/c1-14-5-4-6-16(21)19(14)20(22)27-18-8-7-15(25-11-9-23-2)13-17(18)26-12-10-24-3;;/h4-8,13,27H,9-12H2,1-3H3;;/q;+1;-1. The van der Waals surface area contributed by atoms with Crippen molar-refractivity contribution >= 4 is 31.0 Å². The third-order valence-electron chi connectivity index (χ3n) is 3.75. The van der Waals surface area contributed by atoms with Crippen LogP contribution in [0.1, 0.15) is 17.3 Å². The van der Waals surface area contributed by atoms with Crippen molar-refractivity contribution in [2.75, 3.05) is 40.6 Å². The van der Waals surface area contributed by atoms with Crippen LogP contribution in [0.25, 0.3) is 0 Å². The van der Waals surface area contributed by atoms with E-state index in [0.717, 1.165) is 10.9 Å². The first-order valence-electron chi connectivity index (χ1n) is 8.50. The first-order chi connectivity index (χ1) is 13.1. The van der Waals surface area contributed by atoms with Gasteiger partial charge in [-0.15, -0.1) is 0 Å². The van der Waals surface area contributed by atoms with E-state index in [4.69, 9.17) is 30.5 Å². The van der Waals surface area contributed by atoms with E-state index < -0.39 is 0 Å². The zero-order valence-electron chi connectivity index (χ0n) is 17.7. The number of hydrogen-bond donors (Lipinski definition) is 0. The Labute approximate surface area is 186 Å². The number of carbonyl (C=O) groups is 1. The summed E-state index contributed by atoms with van der Waals surface area (Å²) in [4.78, 5) is 12.8. The number of ether oxygens (including phenoxy) is 4. The maximum atomic E-state index is 12.8. The summed E-state index contributed by atoms with van der Waals surface area (Å²) < 4.78 is 21.5. The maximum Gasteiger partial charge on any atom is 1.00 e. The first-order valence-corrected chi connectivity index (χ1v) is 9.88. The summed E-state index contributed by atoms with van der Waals surface area (Å²) in [5.74, 6) is 1.27. The van der Waals surface area contributed by atoms with E-state index in [1.807, 2.05) is 31.2 Å². The van der Waals surface area contributed by atoms with Gasteiger partial charge >= 0.3 is 18.9 Å². The summed E-state index contributed by atoms with van der Waals surface area (Å²) >= 11 is 6.23. The van der Waals surface area contributed by atoms with Gasteiger partial charge in [-0.25, -0.2) is 0 Å². The second-order valence-corrected chi connectivity index (χ2v) is 7.38. The summed E-state index contributed by atoms with van der Waals surface area (Å²) in [5, 5.41) is 1.27. The van der Waals surface area contributed by atoms with Crippen molar-refractivity contribution in [1.82, 2.24) is 0 Å². The van der Waals surface area contributed by atoms with Crippen LogP contribution in [0.5, 0.6) is 11.5 Å².